The molecule has 0 unspecified atom stereocenters. The molecule has 2 heterocycles. The van der Waals surface area contributed by atoms with E-state index in [1.807, 2.05) is 0 Å². The monoisotopic (exact) mass is 189 g/mol. The number of carbonyl (C=O) groups is 1. The summed E-state index contributed by atoms with van der Waals surface area (Å²) in [4.78, 5) is 14.4. The highest BCUT2D eigenvalue weighted by atomic mass is 16.4. The van der Waals surface area contributed by atoms with E-state index in [9.17, 15) is 4.79 Å². The zero-order valence-corrected chi connectivity index (χ0v) is 7.14. The highest BCUT2D eigenvalue weighted by molar-refractivity contribution is 5.86. The molecule has 0 saturated heterocycles. The number of aromatic nitrogens is 3. The standard InChI is InChI=1S/C9H7N3O2/c13-9(14)8-3-6(1-2-10-8)7-4-11-12-5-7/h1-5H,(H,11,12)(H,13,14). The number of carboxylic acid groups (broad SMARTS) is 1. The Morgan fingerprint density at radius 3 is 2.93 bits per heavy atom. The van der Waals surface area contributed by atoms with Crippen molar-refractivity contribution in [2.75, 3.05) is 0 Å². The van der Waals surface area contributed by atoms with E-state index in [1.54, 1.807) is 18.5 Å². The predicted molar refractivity (Wildman–Crippen MR) is 48.8 cm³/mol. The molecule has 2 rings (SSSR count). The molecule has 0 aromatic carbocycles. The Morgan fingerprint density at radius 2 is 2.29 bits per heavy atom. The van der Waals surface area contributed by atoms with Crippen LogP contribution in [0.3, 0.4) is 0 Å². The second-order valence-corrected chi connectivity index (χ2v) is 2.72. The number of hydrogen-bond donors (Lipinski definition) is 2. The zero-order chi connectivity index (χ0) is 9.97. The average Bonchev–Trinajstić information content (AvgIpc) is 2.71. The first kappa shape index (κ1) is 8.43. The molecule has 5 nitrogen and oxygen atoms in total. The predicted octanol–water partition coefficient (Wildman–Crippen LogP) is 1.17. The minimum atomic E-state index is -1.03. The molecule has 0 aliphatic heterocycles. The van der Waals surface area contributed by atoms with Crippen molar-refractivity contribution in [2.45, 2.75) is 0 Å². The van der Waals surface area contributed by atoms with E-state index in [1.165, 1.54) is 12.3 Å². The normalized spacial score (nSPS) is 10.0. The zero-order valence-electron chi connectivity index (χ0n) is 7.14. The van der Waals surface area contributed by atoms with Gasteiger partial charge in [0.25, 0.3) is 0 Å². The third-order valence-corrected chi connectivity index (χ3v) is 1.81. The summed E-state index contributed by atoms with van der Waals surface area (Å²) in [5.41, 5.74) is 1.66. The number of nitrogens with zero attached hydrogens (tertiary/aromatic N) is 2. The average molecular weight is 189 g/mol. The SMILES string of the molecule is O=C(O)c1cc(-c2cn[nH]c2)ccn1. The van der Waals surface area contributed by atoms with E-state index in [2.05, 4.69) is 15.2 Å². The number of hydrogen-bond acceptors (Lipinski definition) is 3. The van der Waals surface area contributed by atoms with Crippen LogP contribution in [0.2, 0.25) is 0 Å². The van der Waals surface area contributed by atoms with E-state index in [4.69, 9.17) is 5.11 Å². The number of nitrogens with one attached hydrogen (secondary N) is 1. The molecule has 2 N–H and O–H groups in total. The second kappa shape index (κ2) is 3.29. The molecule has 0 amide bonds. The van der Waals surface area contributed by atoms with Gasteiger partial charge in [0.05, 0.1) is 6.20 Å². The Kier molecular flexibility index (Phi) is 1.98. The fourth-order valence-electron chi connectivity index (χ4n) is 1.14. The Bertz CT molecular complexity index is 451. The highest BCUT2D eigenvalue weighted by Gasteiger charge is 2.06. The van der Waals surface area contributed by atoms with Crippen LogP contribution in [0.1, 0.15) is 10.5 Å². The van der Waals surface area contributed by atoms with Crippen LogP contribution < -0.4 is 0 Å². The van der Waals surface area contributed by atoms with Gasteiger partial charge in [-0.3, -0.25) is 5.10 Å². The van der Waals surface area contributed by atoms with E-state index >= 15 is 0 Å². The first-order chi connectivity index (χ1) is 6.77. The maximum atomic E-state index is 10.6. The molecule has 0 radical (unpaired) electrons. The molecule has 5 heteroatoms. The van der Waals surface area contributed by atoms with Crippen molar-refractivity contribution in [1.82, 2.24) is 15.2 Å². The van der Waals surface area contributed by atoms with Crippen molar-refractivity contribution >= 4 is 5.97 Å². The van der Waals surface area contributed by atoms with Crippen LogP contribution >= 0.6 is 0 Å². The molecule has 0 aliphatic carbocycles. The van der Waals surface area contributed by atoms with E-state index < -0.39 is 5.97 Å². The van der Waals surface area contributed by atoms with Crippen molar-refractivity contribution in [2.24, 2.45) is 0 Å². The summed E-state index contributed by atoms with van der Waals surface area (Å²) < 4.78 is 0. The smallest absolute Gasteiger partial charge is 0.354 e. The minimum Gasteiger partial charge on any atom is -0.477 e. The second-order valence-electron chi connectivity index (χ2n) is 2.72. The van der Waals surface area contributed by atoms with Gasteiger partial charge in [0, 0.05) is 18.0 Å². The highest BCUT2D eigenvalue weighted by Crippen LogP contribution is 2.17. The molecule has 0 aliphatic rings. The summed E-state index contributed by atoms with van der Waals surface area (Å²) in [6.45, 7) is 0. The minimum absolute atomic E-state index is 0.0312. The molecule has 70 valence electrons. The molecule has 0 saturated carbocycles. The van der Waals surface area contributed by atoms with Gasteiger partial charge in [-0.05, 0) is 17.7 Å². The number of rotatable bonds is 2. The lowest BCUT2D eigenvalue weighted by atomic mass is 10.1. The Labute approximate surface area is 79.4 Å². The summed E-state index contributed by atoms with van der Waals surface area (Å²) in [7, 11) is 0. The van der Waals surface area contributed by atoms with Gasteiger partial charge in [-0.2, -0.15) is 5.10 Å². The number of aromatic amines is 1. The van der Waals surface area contributed by atoms with Crippen molar-refractivity contribution < 1.29 is 9.90 Å². The third kappa shape index (κ3) is 1.47. The van der Waals surface area contributed by atoms with Crippen LogP contribution in [0.5, 0.6) is 0 Å². The first-order valence-electron chi connectivity index (χ1n) is 3.96. The van der Waals surface area contributed by atoms with Crippen LogP contribution in [0.25, 0.3) is 11.1 Å². The van der Waals surface area contributed by atoms with Crippen molar-refractivity contribution in [3.63, 3.8) is 0 Å². The van der Waals surface area contributed by atoms with Crippen LogP contribution in [-0.4, -0.2) is 26.3 Å². The van der Waals surface area contributed by atoms with Crippen molar-refractivity contribution in [1.29, 1.82) is 0 Å². The molecule has 2 aromatic rings. The first-order valence-corrected chi connectivity index (χ1v) is 3.96. The largest absolute Gasteiger partial charge is 0.477 e. The molecule has 2 aromatic heterocycles. The summed E-state index contributed by atoms with van der Waals surface area (Å²) in [5.74, 6) is -1.03. The molecule has 0 bridgehead atoms. The summed E-state index contributed by atoms with van der Waals surface area (Å²) >= 11 is 0. The van der Waals surface area contributed by atoms with Gasteiger partial charge in [-0.25, -0.2) is 9.78 Å². The summed E-state index contributed by atoms with van der Waals surface area (Å²) in [5, 5.41) is 15.2. The molecular formula is C9H7N3O2. The van der Waals surface area contributed by atoms with Gasteiger partial charge in [0.2, 0.25) is 0 Å². The van der Waals surface area contributed by atoms with Crippen LogP contribution in [0.15, 0.2) is 30.7 Å². The van der Waals surface area contributed by atoms with Gasteiger partial charge in [0.1, 0.15) is 5.69 Å². The summed E-state index contributed by atoms with van der Waals surface area (Å²) in [6, 6.07) is 3.24. The van der Waals surface area contributed by atoms with Crippen LogP contribution in [-0.2, 0) is 0 Å². The van der Waals surface area contributed by atoms with Gasteiger partial charge in [0.15, 0.2) is 0 Å². The summed E-state index contributed by atoms with van der Waals surface area (Å²) in [6.07, 6.45) is 4.79. The van der Waals surface area contributed by atoms with Gasteiger partial charge in [-0.15, -0.1) is 0 Å². The Balaban J connectivity index is 2.46. The van der Waals surface area contributed by atoms with Crippen LogP contribution in [0.4, 0.5) is 0 Å². The van der Waals surface area contributed by atoms with Gasteiger partial charge in [-0.1, -0.05) is 0 Å². The lowest BCUT2D eigenvalue weighted by Crippen LogP contribution is -1.99. The molecule has 14 heavy (non-hydrogen) atoms. The maximum absolute atomic E-state index is 10.6. The van der Waals surface area contributed by atoms with E-state index in [0.29, 0.717) is 0 Å². The van der Waals surface area contributed by atoms with Crippen molar-refractivity contribution in [3.05, 3.63) is 36.4 Å². The third-order valence-electron chi connectivity index (χ3n) is 1.81. The van der Waals surface area contributed by atoms with Crippen LogP contribution in [0, 0.1) is 0 Å². The lowest BCUT2D eigenvalue weighted by Gasteiger charge is -1.97. The number of carboxylic acids is 1. The van der Waals surface area contributed by atoms with Crippen molar-refractivity contribution in [3.8, 4) is 11.1 Å². The maximum Gasteiger partial charge on any atom is 0.354 e. The Morgan fingerprint density at radius 1 is 1.43 bits per heavy atom. The fraction of sp³-hybridized carbons (Fsp3) is 0. The Hall–Kier alpha value is -2.17. The topological polar surface area (TPSA) is 78.9 Å². The number of pyridine rings is 1. The van der Waals surface area contributed by atoms with Gasteiger partial charge >= 0.3 is 5.97 Å². The lowest BCUT2D eigenvalue weighted by molar-refractivity contribution is 0.0690. The molecular weight excluding hydrogens is 182 g/mol. The molecule has 0 spiro atoms. The van der Waals surface area contributed by atoms with E-state index in [-0.39, 0.29) is 5.69 Å². The molecule has 0 atom stereocenters. The molecule has 0 fully saturated rings. The quantitative estimate of drug-likeness (QED) is 0.743. The van der Waals surface area contributed by atoms with E-state index in [0.717, 1.165) is 11.1 Å². The number of H-pyrrole nitrogens is 1. The fourth-order valence-corrected chi connectivity index (χ4v) is 1.14. The van der Waals surface area contributed by atoms with Gasteiger partial charge < -0.3 is 5.11 Å². The number of aromatic carboxylic acids is 1.